The van der Waals surface area contributed by atoms with E-state index >= 15 is 0 Å². The van der Waals surface area contributed by atoms with E-state index in [9.17, 15) is 4.79 Å². The van der Waals surface area contributed by atoms with E-state index in [1.807, 2.05) is 42.5 Å². The number of nitrogens with one attached hydrogen (secondary N) is 3. The molecular weight excluding hydrogens is 442 g/mol. The first kappa shape index (κ1) is 20.4. The predicted molar refractivity (Wildman–Crippen MR) is 132 cm³/mol. The van der Waals surface area contributed by atoms with Crippen molar-refractivity contribution in [1.29, 1.82) is 0 Å². The van der Waals surface area contributed by atoms with Gasteiger partial charge in [-0.1, -0.05) is 18.2 Å². The average molecular weight is 459 g/mol. The summed E-state index contributed by atoms with van der Waals surface area (Å²) >= 11 is 0. The number of hydrogen-bond acceptors (Lipinski definition) is 8. The highest BCUT2D eigenvalue weighted by molar-refractivity contribution is 6.04. The Bertz CT molecular complexity index is 1680. The Morgan fingerprint density at radius 2 is 1.74 bits per heavy atom. The summed E-state index contributed by atoms with van der Waals surface area (Å²) in [5, 5.41) is 22.4. The van der Waals surface area contributed by atoms with E-state index in [0.29, 0.717) is 22.8 Å². The van der Waals surface area contributed by atoms with Crippen LogP contribution in [0.1, 0.15) is 10.5 Å². The molecule has 4 heterocycles. The number of H-pyrrole nitrogens is 1. The third-order valence-electron chi connectivity index (χ3n) is 5.39. The second kappa shape index (κ2) is 8.60. The van der Waals surface area contributed by atoms with Crippen molar-refractivity contribution in [3.8, 4) is 11.4 Å². The lowest BCUT2D eigenvalue weighted by atomic mass is 10.1. The van der Waals surface area contributed by atoms with E-state index in [1.165, 1.54) is 12.4 Å². The topological polar surface area (TPSA) is 134 Å². The van der Waals surface area contributed by atoms with E-state index in [4.69, 9.17) is 0 Å². The fourth-order valence-electron chi connectivity index (χ4n) is 3.68. The number of rotatable bonds is 5. The highest BCUT2D eigenvalue weighted by atomic mass is 16.1. The number of carbonyl (C=O) groups excluding carboxylic acids is 1. The molecule has 0 atom stereocenters. The van der Waals surface area contributed by atoms with Crippen LogP contribution < -0.4 is 10.6 Å². The molecule has 0 fully saturated rings. The van der Waals surface area contributed by atoms with Crippen LogP contribution >= 0.6 is 0 Å². The van der Waals surface area contributed by atoms with E-state index in [2.05, 4.69) is 46.0 Å². The molecule has 6 aromatic rings. The standard InChI is InChI=1S/C25H17N9O/c35-25(31-19-7-10-27-28-14-19)21-5-3-15-1-2-16(12-22(15)32-21)24-26-9-8-23(33-24)30-18-4-6-20-17(11-18)13-29-34-20/h1-14H,(H,29,34)(H,26,30,33)(H,27,31,35). The number of aromatic nitrogens is 7. The van der Waals surface area contributed by atoms with Gasteiger partial charge < -0.3 is 10.6 Å². The van der Waals surface area contributed by atoms with Gasteiger partial charge in [0.25, 0.3) is 5.91 Å². The second-order valence-electron chi connectivity index (χ2n) is 7.75. The van der Waals surface area contributed by atoms with Crippen LogP contribution in [0, 0.1) is 0 Å². The van der Waals surface area contributed by atoms with Gasteiger partial charge in [-0.05, 0) is 42.5 Å². The third kappa shape index (κ3) is 4.23. The minimum atomic E-state index is -0.331. The normalized spacial score (nSPS) is 11.0. The molecular formula is C25H17N9O. The molecule has 1 amide bonds. The lowest BCUT2D eigenvalue weighted by Gasteiger charge is -2.08. The zero-order valence-corrected chi connectivity index (χ0v) is 18.2. The fourth-order valence-corrected chi connectivity index (χ4v) is 3.68. The number of benzene rings is 2. The molecule has 10 nitrogen and oxygen atoms in total. The first-order chi connectivity index (χ1) is 17.2. The van der Waals surface area contributed by atoms with Crippen LogP contribution in [0.3, 0.4) is 0 Å². The van der Waals surface area contributed by atoms with E-state index in [1.54, 1.807) is 30.6 Å². The third-order valence-corrected chi connectivity index (χ3v) is 5.39. The highest BCUT2D eigenvalue weighted by Crippen LogP contribution is 2.24. The lowest BCUT2D eigenvalue weighted by Crippen LogP contribution is -2.13. The van der Waals surface area contributed by atoms with Crippen LogP contribution in [0.25, 0.3) is 33.2 Å². The van der Waals surface area contributed by atoms with E-state index in [0.717, 1.165) is 27.5 Å². The van der Waals surface area contributed by atoms with Crippen LogP contribution in [0.5, 0.6) is 0 Å². The van der Waals surface area contributed by atoms with Crippen LogP contribution in [-0.4, -0.2) is 41.3 Å². The Labute approximate surface area is 198 Å². The number of hydrogen-bond donors (Lipinski definition) is 3. The maximum Gasteiger partial charge on any atom is 0.274 e. The van der Waals surface area contributed by atoms with Crippen molar-refractivity contribution < 1.29 is 4.79 Å². The predicted octanol–water partition coefficient (Wildman–Crippen LogP) is 4.35. The number of aromatic amines is 1. The first-order valence-corrected chi connectivity index (χ1v) is 10.7. The van der Waals surface area contributed by atoms with Crippen LogP contribution in [0.2, 0.25) is 0 Å². The Kier molecular flexibility index (Phi) is 5.00. The Morgan fingerprint density at radius 3 is 2.66 bits per heavy atom. The van der Waals surface area contributed by atoms with Gasteiger partial charge in [0.2, 0.25) is 0 Å². The molecule has 0 bridgehead atoms. The zero-order chi connectivity index (χ0) is 23.6. The smallest absolute Gasteiger partial charge is 0.274 e. The molecule has 0 radical (unpaired) electrons. The lowest BCUT2D eigenvalue weighted by molar-refractivity contribution is 0.102. The molecule has 0 saturated carbocycles. The average Bonchev–Trinajstić information content (AvgIpc) is 3.37. The number of amides is 1. The summed E-state index contributed by atoms with van der Waals surface area (Å²) < 4.78 is 0. The van der Waals surface area contributed by atoms with Gasteiger partial charge >= 0.3 is 0 Å². The van der Waals surface area contributed by atoms with E-state index < -0.39 is 0 Å². The Hall–Kier alpha value is -5.25. The second-order valence-corrected chi connectivity index (χ2v) is 7.75. The van der Waals surface area contributed by atoms with Gasteiger partial charge in [-0.2, -0.15) is 15.3 Å². The summed E-state index contributed by atoms with van der Waals surface area (Å²) in [5.41, 5.74) is 4.14. The minimum Gasteiger partial charge on any atom is -0.340 e. The molecule has 0 spiro atoms. The van der Waals surface area contributed by atoms with Crippen molar-refractivity contribution in [2.75, 3.05) is 10.6 Å². The molecule has 0 aliphatic rings. The summed E-state index contributed by atoms with van der Waals surface area (Å²) in [6.07, 6.45) is 6.46. The zero-order valence-electron chi connectivity index (χ0n) is 18.2. The maximum atomic E-state index is 12.6. The van der Waals surface area contributed by atoms with Crippen LogP contribution in [0.15, 0.2) is 85.5 Å². The summed E-state index contributed by atoms with van der Waals surface area (Å²) in [4.78, 5) is 26.3. The molecule has 0 unspecified atom stereocenters. The highest BCUT2D eigenvalue weighted by Gasteiger charge is 2.11. The van der Waals surface area contributed by atoms with Gasteiger partial charge in [0.15, 0.2) is 5.82 Å². The van der Waals surface area contributed by atoms with Crippen molar-refractivity contribution in [3.63, 3.8) is 0 Å². The number of fused-ring (bicyclic) bond motifs is 2. The van der Waals surface area contributed by atoms with E-state index in [-0.39, 0.29) is 11.6 Å². The van der Waals surface area contributed by atoms with Gasteiger partial charge in [0.05, 0.1) is 35.3 Å². The van der Waals surface area contributed by atoms with Gasteiger partial charge in [0.1, 0.15) is 11.5 Å². The molecule has 0 aliphatic heterocycles. The number of carbonyl (C=O) groups is 1. The number of pyridine rings is 1. The Balaban J connectivity index is 1.27. The molecule has 3 N–H and O–H groups in total. The maximum absolute atomic E-state index is 12.6. The monoisotopic (exact) mass is 459 g/mol. The van der Waals surface area contributed by atoms with Crippen molar-refractivity contribution in [1.82, 2.24) is 35.3 Å². The molecule has 2 aromatic carbocycles. The molecule has 6 rings (SSSR count). The molecule has 0 saturated heterocycles. The summed E-state index contributed by atoms with van der Waals surface area (Å²) in [5.74, 6) is 0.869. The SMILES string of the molecule is O=C(Nc1ccnnc1)c1ccc2ccc(-c3nccc(Nc4ccc5[nH]ncc5c4)n3)cc2n1. The quantitative estimate of drug-likeness (QED) is 0.346. The van der Waals surface area contributed by atoms with Gasteiger partial charge in [0, 0.05) is 28.2 Å². The molecule has 35 heavy (non-hydrogen) atoms. The van der Waals surface area contributed by atoms with Crippen LogP contribution in [0.4, 0.5) is 17.2 Å². The molecule has 168 valence electrons. The molecule has 4 aromatic heterocycles. The summed E-state index contributed by atoms with van der Waals surface area (Å²) in [6.45, 7) is 0. The summed E-state index contributed by atoms with van der Waals surface area (Å²) in [6, 6.07) is 18.7. The summed E-state index contributed by atoms with van der Waals surface area (Å²) in [7, 11) is 0. The van der Waals surface area contributed by atoms with Crippen molar-refractivity contribution in [3.05, 3.63) is 91.1 Å². The van der Waals surface area contributed by atoms with Crippen molar-refractivity contribution in [2.45, 2.75) is 0 Å². The van der Waals surface area contributed by atoms with Gasteiger partial charge in [-0.15, -0.1) is 0 Å². The van der Waals surface area contributed by atoms with Gasteiger partial charge in [-0.3, -0.25) is 9.89 Å². The first-order valence-electron chi connectivity index (χ1n) is 10.7. The largest absolute Gasteiger partial charge is 0.340 e. The van der Waals surface area contributed by atoms with Crippen LogP contribution in [-0.2, 0) is 0 Å². The minimum absolute atomic E-state index is 0.289. The Morgan fingerprint density at radius 1 is 0.800 bits per heavy atom. The van der Waals surface area contributed by atoms with Gasteiger partial charge in [-0.25, -0.2) is 15.0 Å². The molecule has 0 aliphatic carbocycles. The van der Waals surface area contributed by atoms with Crippen molar-refractivity contribution >= 4 is 44.9 Å². The number of anilines is 3. The fraction of sp³-hybridized carbons (Fsp3) is 0. The van der Waals surface area contributed by atoms with Crippen molar-refractivity contribution in [2.24, 2.45) is 0 Å². The number of nitrogens with zero attached hydrogens (tertiary/aromatic N) is 6. The molecule has 10 heteroatoms.